The number of aryl methyl sites for hydroxylation is 1. The average molecular weight is 290 g/mol. The highest BCUT2D eigenvalue weighted by molar-refractivity contribution is 7.07. The van der Waals surface area contributed by atoms with E-state index in [-0.39, 0.29) is 0 Å². The van der Waals surface area contributed by atoms with Gasteiger partial charge in [-0.2, -0.15) is 0 Å². The maximum Gasteiger partial charge on any atom is 0.190 e. The molecule has 108 valence electrons. The van der Waals surface area contributed by atoms with Crippen molar-refractivity contribution in [2.24, 2.45) is 10.9 Å². The van der Waals surface area contributed by atoms with E-state index in [4.69, 9.17) is 9.73 Å². The second kappa shape index (κ2) is 6.75. The van der Waals surface area contributed by atoms with E-state index < -0.39 is 0 Å². The maximum absolute atomic E-state index is 5.36. The van der Waals surface area contributed by atoms with Gasteiger partial charge < -0.3 is 9.30 Å². The molecule has 0 fully saturated rings. The molecule has 0 N–H and O–H groups in total. The van der Waals surface area contributed by atoms with Crippen LogP contribution < -0.4 is 9.54 Å². The van der Waals surface area contributed by atoms with Gasteiger partial charge in [0.2, 0.25) is 0 Å². The Kier molecular flexibility index (Phi) is 5.01. The van der Waals surface area contributed by atoms with Crippen LogP contribution in [0, 0.1) is 12.8 Å². The second-order valence-corrected chi connectivity index (χ2v) is 6.11. The van der Waals surface area contributed by atoms with Gasteiger partial charge in [-0.15, -0.1) is 11.3 Å². The second-order valence-electron chi connectivity index (χ2n) is 5.28. The summed E-state index contributed by atoms with van der Waals surface area (Å²) in [5.74, 6) is 1.51. The molecule has 0 bridgehead atoms. The third kappa shape index (κ3) is 3.51. The minimum atomic E-state index is 0.695. The maximum atomic E-state index is 5.36. The van der Waals surface area contributed by atoms with Crippen molar-refractivity contribution in [1.29, 1.82) is 0 Å². The van der Waals surface area contributed by atoms with E-state index in [1.165, 1.54) is 5.69 Å². The van der Waals surface area contributed by atoms with Crippen LogP contribution in [0.25, 0.3) is 0 Å². The van der Waals surface area contributed by atoms with E-state index in [0.29, 0.717) is 5.92 Å². The SMILES string of the molecule is COc1ccccc1N=c1scc(C)n1CCC(C)C. The van der Waals surface area contributed by atoms with Gasteiger partial charge in [-0.05, 0) is 31.4 Å². The highest BCUT2D eigenvalue weighted by Crippen LogP contribution is 2.25. The fourth-order valence-corrected chi connectivity index (χ4v) is 2.90. The Morgan fingerprint density at radius 3 is 2.75 bits per heavy atom. The van der Waals surface area contributed by atoms with E-state index in [1.807, 2.05) is 24.3 Å². The molecule has 0 aliphatic rings. The molecule has 1 aromatic heterocycles. The van der Waals surface area contributed by atoms with Crippen LogP contribution in [0.15, 0.2) is 34.6 Å². The molecule has 0 radical (unpaired) electrons. The van der Waals surface area contributed by atoms with E-state index in [2.05, 4.69) is 30.7 Å². The lowest BCUT2D eigenvalue weighted by Gasteiger charge is -2.08. The highest BCUT2D eigenvalue weighted by Gasteiger charge is 2.05. The molecule has 20 heavy (non-hydrogen) atoms. The minimum absolute atomic E-state index is 0.695. The third-order valence-corrected chi connectivity index (χ3v) is 4.20. The number of hydrogen-bond donors (Lipinski definition) is 0. The molecule has 1 aromatic carbocycles. The number of ether oxygens (including phenoxy) is 1. The molecule has 0 spiro atoms. The molecule has 0 saturated heterocycles. The molecular weight excluding hydrogens is 268 g/mol. The van der Waals surface area contributed by atoms with Crippen LogP contribution in [0.2, 0.25) is 0 Å². The highest BCUT2D eigenvalue weighted by atomic mass is 32.1. The summed E-state index contributed by atoms with van der Waals surface area (Å²) < 4.78 is 7.65. The van der Waals surface area contributed by atoms with E-state index in [0.717, 1.165) is 29.2 Å². The van der Waals surface area contributed by atoms with Crippen molar-refractivity contribution < 1.29 is 4.74 Å². The number of thiazole rings is 1. The first-order chi connectivity index (χ1) is 9.61. The molecule has 0 atom stereocenters. The zero-order valence-corrected chi connectivity index (χ0v) is 13.4. The fourth-order valence-electron chi connectivity index (χ4n) is 1.99. The van der Waals surface area contributed by atoms with Gasteiger partial charge in [0.1, 0.15) is 11.4 Å². The molecular formula is C16H22N2OS. The van der Waals surface area contributed by atoms with E-state index in [1.54, 1.807) is 18.4 Å². The van der Waals surface area contributed by atoms with Gasteiger partial charge in [0.05, 0.1) is 7.11 Å². The number of benzene rings is 1. The van der Waals surface area contributed by atoms with Gasteiger partial charge in [-0.25, -0.2) is 4.99 Å². The van der Waals surface area contributed by atoms with Crippen molar-refractivity contribution in [3.05, 3.63) is 40.1 Å². The molecule has 4 heteroatoms. The number of nitrogens with zero attached hydrogens (tertiary/aromatic N) is 2. The number of methoxy groups -OCH3 is 1. The van der Waals surface area contributed by atoms with Gasteiger partial charge in [-0.1, -0.05) is 26.0 Å². The standard InChI is InChI=1S/C16H22N2OS/c1-12(2)9-10-18-13(3)11-20-16(18)17-14-7-5-6-8-15(14)19-4/h5-8,11-12H,9-10H2,1-4H3. The Labute approximate surface area is 124 Å². The number of aromatic nitrogens is 1. The predicted molar refractivity (Wildman–Crippen MR) is 84.7 cm³/mol. The summed E-state index contributed by atoms with van der Waals surface area (Å²) in [5, 5.41) is 2.16. The zero-order chi connectivity index (χ0) is 14.5. The van der Waals surface area contributed by atoms with Crippen molar-refractivity contribution >= 4 is 17.0 Å². The van der Waals surface area contributed by atoms with Crippen LogP contribution in [0.4, 0.5) is 5.69 Å². The molecule has 0 aliphatic heterocycles. The van der Waals surface area contributed by atoms with Gasteiger partial charge in [0, 0.05) is 17.6 Å². The smallest absolute Gasteiger partial charge is 0.190 e. The number of para-hydroxylation sites is 2. The molecule has 1 heterocycles. The summed E-state index contributed by atoms with van der Waals surface area (Å²) in [6.07, 6.45) is 1.16. The van der Waals surface area contributed by atoms with Crippen LogP contribution in [-0.2, 0) is 6.54 Å². The van der Waals surface area contributed by atoms with Gasteiger partial charge in [0.25, 0.3) is 0 Å². The van der Waals surface area contributed by atoms with Crippen molar-refractivity contribution in [1.82, 2.24) is 4.57 Å². The number of hydrogen-bond acceptors (Lipinski definition) is 3. The summed E-state index contributed by atoms with van der Waals surface area (Å²) >= 11 is 1.68. The van der Waals surface area contributed by atoms with Gasteiger partial charge in [-0.3, -0.25) is 0 Å². The lowest BCUT2D eigenvalue weighted by Crippen LogP contribution is -2.17. The van der Waals surface area contributed by atoms with Crippen molar-refractivity contribution in [2.75, 3.05) is 7.11 Å². The topological polar surface area (TPSA) is 26.5 Å². The average Bonchev–Trinajstić information content (AvgIpc) is 2.77. The summed E-state index contributed by atoms with van der Waals surface area (Å²) in [6, 6.07) is 7.88. The van der Waals surface area contributed by atoms with Crippen LogP contribution >= 0.6 is 11.3 Å². The quantitative estimate of drug-likeness (QED) is 0.812. The van der Waals surface area contributed by atoms with E-state index in [9.17, 15) is 0 Å². The Bertz CT molecular complexity index is 625. The summed E-state index contributed by atoms with van der Waals surface area (Å²) in [4.78, 5) is 5.80. The fraction of sp³-hybridized carbons (Fsp3) is 0.438. The molecule has 0 unspecified atom stereocenters. The van der Waals surface area contributed by atoms with Gasteiger partial charge >= 0.3 is 0 Å². The zero-order valence-electron chi connectivity index (χ0n) is 12.6. The third-order valence-electron chi connectivity index (χ3n) is 3.22. The Morgan fingerprint density at radius 1 is 1.30 bits per heavy atom. The first-order valence-corrected chi connectivity index (χ1v) is 7.82. The van der Waals surface area contributed by atoms with Crippen molar-refractivity contribution in [3.63, 3.8) is 0 Å². The Balaban J connectivity index is 2.39. The summed E-state index contributed by atoms with van der Waals surface area (Å²) in [5.41, 5.74) is 2.15. The monoisotopic (exact) mass is 290 g/mol. The molecule has 3 nitrogen and oxygen atoms in total. The lowest BCUT2D eigenvalue weighted by molar-refractivity contribution is 0.416. The Morgan fingerprint density at radius 2 is 2.05 bits per heavy atom. The summed E-state index contributed by atoms with van der Waals surface area (Å²) in [7, 11) is 1.68. The first kappa shape index (κ1) is 14.9. The number of rotatable bonds is 5. The molecule has 2 rings (SSSR count). The van der Waals surface area contributed by atoms with Gasteiger partial charge in [0.15, 0.2) is 4.80 Å². The molecule has 0 aliphatic carbocycles. The van der Waals surface area contributed by atoms with Crippen LogP contribution in [0.5, 0.6) is 5.75 Å². The first-order valence-electron chi connectivity index (χ1n) is 6.94. The van der Waals surface area contributed by atoms with Crippen LogP contribution in [0.1, 0.15) is 26.0 Å². The summed E-state index contributed by atoms with van der Waals surface area (Å²) in [6.45, 7) is 7.65. The lowest BCUT2D eigenvalue weighted by atomic mass is 10.1. The van der Waals surface area contributed by atoms with Crippen molar-refractivity contribution in [2.45, 2.75) is 33.7 Å². The normalized spacial score (nSPS) is 12.2. The van der Waals surface area contributed by atoms with Crippen LogP contribution in [0.3, 0.4) is 0 Å². The Hall–Kier alpha value is -1.55. The largest absolute Gasteiger partial charge is 0.494 e. The molecule has 0 amide bonds. The predicted octanol–water partition coefficient (Wildman–Crippen LogP) is 4.15. The molecule has 2 aromatic rings. The minimum Gasteiger partial charge on any atom is -0.494 e. The van der Waals surface area contributed by atoms with E-state index >= 15 is 0 Å². The van der Waals surface area contributed by atoms with Crippen molar-refractivity contribution in [3.8, 4) is 5.75 Å². The molecule has 0 saturated carbocycles. The van der Waals surface area contributed by atoms with Crippen LogP contribution in [-0.4, -0.2) is 11.7 Å².